The van der Waals surface area contributed by atoms with Crippen LogP contribution in [0.15, 0.2) is 150 Å². The Hall–Kier alpha value is -6.34. The highest BCUT2D eigenvalue weighted by Gasteiger charge is 2.44. The minimum Gasteiger partial charge on any atom is -0.456 e. The summed E-state index contributed by atoms with van der Waals surface area (Å²) in [5.41, 5.74) is 14.6. The van der Waals surface area contributed by atoms with Crippen LogP contribution in [0.3, 0.4) is 0 Å². The van der Waals surface area contributed by atoms with Gasteiger partial charge in [0.2, 0.25) is 0 Å². The third kappa shape index (κ3) is 3.99. The van der Waals surface area contributed by atoms with Crippen LogP contribution in [0.2, 0.25) is 0 Å². The van der Waals surface area contributed by atoms with Gasteiger partial charge >= 0.3 is 6.85 Å². The molecule has 14 rings (SSSR count). The monoisotopic (exact) mass is 776 g/mol. The maximum absolute atomic E-state index is 6.61. The summed E-state index contributed by atoms with van der Waals surface area (Å²) in [5, 5.41) is 10.2. The summed E-state index contributed by atoms with van der Waals surface area (Å²) in [5.74, 6) is 0. The molecule has 4 aromatic heterocycles. The molecule has 6 heteroatoms. The van der Waals surface area contributed by atoms with Crippen molar-refractivity contribution in [3.8, 4) is 16.8 Å². The van der Waals surface area contributed by atoms with Gasteiger partial charge in [0.05, 0.1) is 11.0 Å². The molecule has 272 valence electrons. The van der Waals surface area contributed by atoms with Gasteiger partial charge in [-0.05, 0) is 88.1 Å². The molecule has 2 aliphatic rings. The molecule has 0 N–H and O–H groups in total. The number of nitrogens with zero attached hydrogens (tertiary/aromatic N) is 2. The number of hydrogen-bond acceptors (Lipinski definition) is 4. The van der Waals surface area contributed by atoms with E-state index >= 15 is 0 Å². The molecular formula is C52H33BN2OS2. The van der Waals surface area contributed by atoms with E-state index < -0.39 is 0 Å². The van der Waals surface area contributed by atoms with Gasteiger partial charge in [-0.1, -0.05) is 106 Å². The summed E-state index contributed by atoms with van der Waals surface area (Å²) >= 11 is 3.80. The Bertz CT molecular complexity index is 3800. The Morgan fingerprint density at radius 3 is 1.95 bits per heavy atom. The molecule has 2 aliphatic heterocycles. The minimum atomic E-state index is -0.0703. The lowest BCUT2D eigenvalue weighted by Gasteiger charge is -2.42. The lowest BCUT2D eigenvalue weighted by molar-refractivity contribution is 0.590. The van der Waals surface area contributed by atoms with Crippen LogP contribution < -0.4 is 15.7 Å². The summed E-state index contributed by atoms with van der Waals surface area (Å²) in [6.45, 7) is 6.82. The third-order valence-electron chi connectivity index (χ3n) is 13.1. The molecule has 0 aliphatic carbocycles. The summed E-state index contributed by atoms with van der Waals surface area (Å²) in [6.07, 6.45) is 0. The number of hydrogen-bond donors (Lipinski definition) is 0. The molecule has 8 aromatic carbocycles. The van der Waals surface area contributed by atoms with E-state index in [-0.39, 0.29) is 12.3 Å². The molecule has 0 amide bonds. The average molecular weight is 777 g/mol. The molecule has 3 nitrogen and oxygen atoms in total. The van der Waals surface area contributed by atoms with Crippen LogP contribution in [-0.4, -0.2) is 11.4 Å². The van der Waals surface area contributed by atoms with E-state index in [0.29, 0.717) is 0 Å². The second-order valence-corrected chi connectivity index (χ2v) is 19.4. The fraction of sp³-hybridized carbons (Fsp3) is 0.0769. The van der Waals surface area contributed by atoms with E-state index in [0.717, 1.165) is 21.9 Å². The van der Waals surface area contributed by atoms with Crippen LogP contribution >= 0.6 is 22.7 Å². The molecule has 0 saturated carbocycles. The van der Waals surface area contributed by atoms with Crippen LogP contribution in [0, 0.1) is 0 Å². The quantitative estimate of drug-likeness (QED) is 0.155. The Balaban J connectivity index is 1.17. The van der Waals surface area contributed by atoms with E-state index in [1.807, 2.05) is 22.7 Å². The van der Waals surface area contributed by atoms with Gasteiger partial charge in [-0.2, -0.15) is 0 Å². The smallest absolute Gasteiger partial charge is 0.333 e. The number of benzene rings is 8. The maximum atomic E-state index is 6.61. The van der Waals surface area contributed by atoms with Crippen molar-refractivity contribution < 1.29 is 4.42 Å². The van der Waals surface area contributed by atoms with Crippen molar-refractivity contribution in [2.24, 2.45) is 0 Å². The van der Waals surface area contributed by atoms with Crippen molar-refractivity contribution in [1.82, 2.24) is 4.57 Å². The van der Waals surface area contributed by atoms with Gasteiger partial charge in [0, 0.05) is 84.5 Å². The van der Waals surface area contributed by atoms with Crippen LogP contribution in [0.1, 0.15) is 26.3 Å². The predicted molar refractivity (Wildman–Crippen MR) is 252 cm³/mol. The van der Waals surface area contributed by atoms with Crippen LogP contribution in [0.25, 0.3) is 101 Å². The predicted octanol–water partition coefficient (Wildman–Crippen LogP) is 14.0. The Morgan fingerprint density at radius 2 is 1.19 bits per heavy atom. The standard InChI is InChI=1S/C52H33BN2OS2/c1-52(2,3)28-16-18-29(19-17-28)55-42-23-37-30-10-4-7-13-44(30)56-45(37)25-35(42)33-20-21-34-36-26-48-39(32-12-6-9-15-47(32)57-48)24-41(36)54-43-27-49-38(31-11-5-8-14-46(31)58-49)22-40(43)53(55)50(33)51(34)54/h4-27H,1-3H3. The average Bonchev–Trinajstić information content (AvgIpc) is 3.99. The van der Waals surface area contributed by atoms with Crippen molar-refractivity contribution in [3.05, 3.63) is 151 Å². The number of thiophene rings is 2. The summed E-state index contributed by atoms with van der Waals surface area (Å²) in [6, 6.07) is 55.1. The fourth-order valence-electron chi connectivity index (χ4n) is 10.4. The van der Waals surface area contributed by atoms with Crippen molar-refractivity contribution in [2.75, 3.05) is 4.81 Å². The normalized spacial score (nSPS) is 13.7. The first-order valence-electron chi connectivity index (χ1n) is 20.1. The number of fused-ring (bicyclic) bond motifs is 17. The molecule has 0 fully saturated rings. The maximum Gasteiger partial charge on any atom is 0.333 e. The number of rotatable bonds is 1. The van der Waals surface area contributed by atoms with Crippen molar-refractivity contribution in [2.45, 2.75) is 26.2 Å². The SMILES string of the molecule is CC(C)(C)c1ccc(N2B3c4cc5c(cc4-n4c6cc7c(cc6c6ccc(c3c64)-c3cc4oc6ccccc6c4cc32)sc2ccccc27)sc2ccccc25)cc1. The Labute approximate surface area is 342 Å². The van der Waals surface area contributed by atoms with E-state index in [1.54, 1.807) is 0 Å². The highest BCUT2D eigenvalue weighted by molar-refractivity contribution is 7.26. The molecule has 0 spiro atoms. The summed E-state index contributed by atoms with van der Waals surface area (Å²) in [4.78, 5) is 2.65. The number of para-hydroxylation sites is 1. The van der Waals surface area contributed by atoms with Crippen molar-refractivity contribution in [1.29, 1.82) is 0 Å². The summed E-state index contributed by atoms with van der Waals surface area (Å²) < 4.78 is 14.5. The highest BCUT2D eigenvalue weighted by Crippen LogP contribution is 2.49. The highest BCUT2D eigenvalue weighted by atomic mass is 32.1. The molecule has 12 aromatic rings. The topological polar surface area (TPSA) is 21.3 Å². The van der Waals surface area contributed by atoms with E-state index in [4.69, 9.17) is 4.42 Å². The molecule has 58 heavy (non-hydrogen) atoms. The molecule has 0 unspecified atom stereocenters. The lowest BCUT2D eigenvalue weighted by atomic mass is 9.44. The number of furan rings is 1. The second kappa shape index (κ2) is 10.8. The van der Waals surface area contributed by atoms with Gasteiger partial charge in [0.1, 0.15) is 11.2 Å². The van der Waals surface area contributed by atoms with Crippen LogP contribution in [-0.2, 0) is 5.41 Å². The third-order valence-corrected chi connectivity index (χ3v) is 15.4. The first-order valence-corrected chi connectivity index (χ1v) is 21.7. The second-order valence-electron chi connectivity index (χ2n) is 17.3. The minimum absolute atomic E-state index is 0.0437. The Kier molecular flexibility index (Phi) is 5.90. The first kappa shape index (κ1) is 31.7. The van der Waals surface area contributed by atoms with Gasteiger partial charge in [-0.3, -0.25) is 0 Å². The van der Waals surface area contributed by atoms with Gasteiger partial charge in [-0.25, -0.2) is 0 Å². The van der Waals surface area contributed by atoms with Gasteiger partial charge < -0.3 is 13.8 Å². The van der Waals surface area contributed by atoms with Crippen LogP contribution in [0.5, 0.6) is 0 Å². The largest absolute Gasteiger partial charge is 0.456 e. The zero-order valence-corrected chi connectivity index (χ0v) is 33.7. The molecule has 6 heterocycles. The van der Waals surface area contributed by atoms with Gasteiger partial charge in [-0.15, -0.1) is 22.7 Å². The van der Waals surface area contributed by atoms with Gasteiger partial charge in [0.25, 0.3) is 0 Å². The van der Waals surface area contributed by atoms with Crippen molar-refractivity contribution in [3.63, 3.8) is 0 Å². The van der Waals surface area contributed by atoms with E-state index in [1.165, 1.54) is 107 Å². The number of aromatic nitrogens is 1. The molecule has 0 saturated heterocycles. The van der Waals surface area contributed by atoms with Gasteiger partial charge in [0.15, 0.2) is 0 Å². The van der Waals surface area contributed by atoms with Crippen LogP contribution in [0.4, 0.5) is 11.4 Å². The molecule has 0 radical (unpaired) electrons. The van der Waals surface area contributed by atoms with E-state index in [2.05, 4.69) is 176 Å². The molecular weight excluding hydrogens is 744 g/mol. The molecule has 0 bridgehead atoms. The molecule has 0 atom stereocenters. The Morgan fingerprint density at radius 1 is 0.500 bits per heavy atom. The van der Waals surface area contributed by atoms with Crippen molar-refractivity contribution >= 4 is 136 Å². The first-order chi connectivity index (χ1) is 28.4. The zero-order chi connectivity index (χ0) is 38.2. The zero-order valence-electron chi connectivity index (χ0n) is 32.1. The summed E-state index contributed by atoms with van der Waals surface area (Å²) in [7, 11) is 0. The number of anilines is 2. The van der Waals surface area contributed by atoms with E-state index in [9.17, 15) is 0 Å². The lowest BCUT2D eigenvalue weighted by Crippen LogP contribution is -2.60. The fourth-order valence-corrected chi connectivity index (χ4v) is 12.7.